The zero-order valence-electron chi connectivity index (χ0n) is 8.46. The lowest BCUT2D eigenvalue weighted by Gasteiger charge is -1.99. The fourth-order valence-electron chi connectivity index (χ4n) is 1.27. The number of hydrogen-bond acceptors (Lipinski definition) is 2. The van der Waals surface area contributed by atoms with E-state index in [1.165, 1.54) is 0 Å². The second kappa shape index (κ2) is 4.41. The summed E-state index contributed by atoms with van der Waals surface area (Å²) in [5.41, 5.74) is 0.321. The molecular weight excluding hydrogens is 255 g/mol. The van der Waals surface area contributed by atoms with Crippen LogP contribution in [0.1, 0.15) is 11.3 Å². The third kappa shape index (κ3) is 2.61. The first-order valence-electron chi connectivity index (χ1n) is 4.68. The van der Waals surface area contributed by atoms with Crippen LogP contribution in [0.25, 0.3) is 11.5 Å². The van der Waals surface area contributed by atoms with E-state index in [9.17, 15) is 13.2 Å². The van der Waals surface area contributed by atoms with Gasteiger partial charge in [0.25, 0.3) is 0 Å². The van der Waals surface area contributed by atoms with Gasteiger partial charge in [0.15, 0.2) is 5.69 Å². The summed E-state index contributed by atoms with van der Waals surface area (Å²) in [4.78, 5) is 3.38. The van der Waals surface area contributed by atoms with Crippen LogP contribution in [0.5, 0.6) is 0 Å². The number of halogens is 4. The molecule has 2 aromatic rings. The summed E-state index contributed by atoms with van der Waals surface area (Å²) < 4.78 is 41.7. The Morgan fingerprint density at radius 3 is 2.29 bits per heavy atom. The Labute approximate surface area is 100 Å². The number of hydrogen-bond donors (Lipinski definition) is 0. The van der Waals surface area contributed by atoms with Crippen LogP contribution in [0.15, 0.2) is 34.9 Å². The van der Waals surface area contributed by atoms with Crippen molar-refractivity contribution in [1.29, 1.82) is 0 Å². The minimum atomic E-state index is -4.49. The number of rotatable bonds is 2. The third-order valence-corrected chi connectivity index (χ3v) is 2.46. The van der Waals surface area contributed by atoms with Gasteiger partial charge in [-0.2, -0.15) is 13.2 Å². The first-order chi connectivity index (χ1) is 8.00. The lowest BCUT2D eigenvalue weighted by atomic mass is 10.1. The van der Waals surface area contributed by atoms with Gasteiger partial charge in [-0.1, -0.05) is 12.1 Å². The second-order valence-electron chi connectivity index (χ2n) is 3.37. The minimum absolute atomic E-state index is 0.0570. The van der Waals surface area contributed by atoms with Crippen LogP contribution in [-0.2, 0) is 12.1 Å². The molecular formula is C11H7ClF3NO. The number of nitrogens with zero attached hydrogens (tertiary/aromatic N) is 1. The van der Waals surface area contributed by atoms with Crippen molar-refractivity contribution < 1.29 is 17.6 Å². The topological polar surface area (TPSA) is 26.0 Å². The molecule has 0 aliphatic carbocycles. The van der Waals surface area contributed by atoms with Gasteiger partial charge in [0.05, 0.1) is 0 Å². The quantitative estimate of drug-likeness (QED) is 0.761. The zero-order chi connectivity index (χ0) is 12.5. The highest BCUT2D eigenvalue weighted by atomic mass is 35.5. The Hall–Kier alpha value is -1.49. The Kier molecular flexibility index (Phi) is 3.11. The maximum absolute atomic E-state index is 12.3. The highest BCUT2D eigenvalue weighted by molar-refractivity contribution is 6.17. The highest BCUT2D eigenvalue weighted by Gasteiger charge is 2.34. The summed E-state index contributed by atoms with van der Waals surface area (Å²) >= 11 is 5.60. The fraction of sp³-hybridized carbons (Fsp3) is 0.182. The molecule has 0 bridgehead atoms. The summed E-state index contributed by atoms with van der Waals surface area (Å²) in [5, 5.41) is 0. The van der Waals surface area contributed by atoms with Crippen LogP contribution in [0, 0.1) is 0 Å². The molecule has 17 heavy (non-hydrogen) atoms. The Balaban J connectivity index is 2.30. The van der Waals surface area contributed by atoms with Crippen molar-refractivity contribution in [2.24, 2.45) is 0 Å². The van der Waals surface area contributed by atoms with Gasteiger partial charge in [0, 0.05) is 11.4 Å². The van der Waals surface area contributed by atoms with E-state index in [0.717, 1.165) is 5.56 Å². The molecule has 0 amide bonds. The van der Waals surface area contributed by atoms with Crippen LogP contribution < -0.4 is 0 Å². The van der Waals surface area contributed by atoms with E-state index in [2.05, 4.69) is 4.98 Å². The largest absolute Gasteiger partial charge is 0.444 e. The maximum atomic E-state index is 12.3. The highest BCUT2D eigenvalue weighted by Crippen LogP contribution is 2.30. The monoisotopic (exact) mass is 261 g/mol. The molecule has 1 aromatic heterocycles. The van der Waals surface area contributed by atoms with E-state index in [-0.39, 0.29) is 5.89 Å². The minimum Gasteiger partial charge on any atom is -0.444 e. The summed E-state index contributed by atoms with van der Waals surface area (Å²) in [6, 6.07) is 6.65. The smallest absolute Gasteiger partial charge is 0.436 e. The summed E-state index contributed by atoms with van der Waals surface area (Å²) in [5.74, 6) is 0.290. The van der Waals surface area contributed by atoms with E-state index in [4.69, 9.17) is 16.0 Å². The second-order valence-corrected chi connectivity index (χ2v) is 3.63. The van der Waals surface area contributed by atoms with Crippen molar-refractivity contribution in [2.45, 2.75) is 12.1 Å². The van der Waals surface area contributed by atoms with Gasteiger partial charge in [0.2, 0.25) is 5.89 Å². The van der Waals surface area contributed by atoms with E-state index in [0.29, 0.717) is 17.7 Å². The molecule has 0 radical (unpaired) electrons. The van der Waals surface area contributed by atoms with E-state index < -0.39 is 11.9 Å². The molecule has 90 valence electrons. The SMILES string of the molecule is FC(F)(F)c1coc(-c2ccc(CCl)cc2)n1. The van der Waals surface area contributed by atoms with Crippen LogP contribution in [0.3, 0.4) is 0 Å². The number of aromatic nitrogens is 1. The summed E-state index contributed by atoms with van der Waals surface area (Å²) in [7, 11) is 0. The van der Waals surface area contributed by atoms with Crippen molar-refractivity contribution >= 4 is 11.6 Å². The molecule has 0 aliphatic heterocycles. The summed E-state index contributed by atoms with van der Waals surface area (Å²) in [6.07, 6.45) is -3.89. The average Bonchev–Trinajstić information content (AvgIpc) is 2.78. The van der Waals surface area contributed by atoms with Gasteiger partial charge >= 0.3 is 6.18 Å². The molecule has 0 unspecified atom stereocenters. The fourth-order valence-corrected chi connectivity index (χ4v) is 1.45. The number of benzene rings is 1. The molecule has 1 aromatic carbocycles. The molecule has 0 aliphatic rings. The zero-order valence-corrected chi connectivity index (χ0v) is 9.22. The average molecular weight is 262 g/mol. The van der Waals surface area contributed by atoms with Crippen LogP contribution >= 0.6 is 11.6 Å². The lowest BCUT2D eigenvalue weighted by molar-refractivity contribution is -0.141. The Bertz CT molecular complexity index is 504. The van der Waals surface area contributed by atoms with Gasteiger partial charge < -0.3 is 4.42 Å². The van der Waals surface area contributed by atoms with Gasteiger partial charge in [-0.15, -0.1) is 11.6 Å². The van der Waals surface area contributed by atoms with Gasteiger partial charge in [-0.05, 0) is 17.7 Å². The molecule has 0 saturated carbocycles. The molecule has 2 rings (SSSR count). The molecule has 0 fully saturated rings. The standard InChI is InChI=1S/C11H7ClF3NO/c12-5-7-1-3-8(4-2-7)10-16-9(6-17-10)11(13,14)15/h1-4,6H,5H2. The van der Waals surface area contributed by atoms with E-state index in [1.807, 2.05) is 0 Å². The number of oxazole rings is 1. The Morgan fingerprint density at radius 1 is 1.18 bits per heavy atom. The first-order valence-corrected chi connectivity index (χ1v) is 5.22. The predicted octanol–water partition coefficient (Wildman–Crippen LogP) is 4.10. The molecule has 0 atom stereocenters. The van der Waals surface area contributed by atoms with Crippen molar-refractivity contribution in [3.8, 4) is 11.5 Å². The van der Waals surface area contributed by atoms with Crippen LogP contribution in [-0.4, -0.2) is 4.98 Å². The van der Waals surface area contributed by atoms with Crippen LogP contribution in [0.4, 0.5) is 13.2 Å². The normalized spacial score (nSPS) is 11.8. The third-order valence-electron chi connectivity index (χ3n) is 2.15. The molecule has 2 nitrogen and oxygen atoms in total. The molecule has 0 spiro atoms. The predicted molar refractivity (Wildman–Crippen MR) is 56.5 cm³/mol. The van der Waals surface area contributed by atoms with E-state index >= 15 is 0 Å². The van der Waals surface area contributed by atoms with Gasteiger partial charge in [0.1, 0.15) is 6.26 Å². The van der Waals surface area contributed by atoms with Crippen LogP contribution in [0.2, 0.25) is 0 Å². The van der Waals surface area contributed by atoms with Crippen molar-refractivity contribution in [2.75, 3.05) is 0 Å². The Morgan fingerprint density at radius 2 is 1.82 bits per heavy atom. The van der Waals surface area contributed by atoms with Crippen molar-refractivity contribution in [1.82, 2.24) is 4.98 Å². The lowest BCUT2D eigenvalue weighted by Crippen LogP contribution is -2.04. The first kappa shape index (κ1) is 12.0. The number of alkyl halides is 4. The van der Waals surface area contributed by atoms with E-state index in [1.54, 1.807) is 24.3 Å². The molecule has 1 heterocycles. The molecule has 0 N–H and O–H groups in total. The summed E-state index contributed by atoms with van der Waals surface area (Å²) in [6.45, 7) is 0. The molecule has 0 saturated heterocycles. The van der Waals surface area contributed by atoms with Crippen molar-refractivity contribution in [3.05, 3.63) is 41.8 Å². The van der Waals surface area contributed by atoms with Gasteiger partial charge in [-0.25, -0.2) is 4.98 Å². The van der Waals surface area contributed by atoms with Crippen molar-refractivity contribution in [3.63, 3.8) is 0 Å². The molecule has 6 heteroatoms. The maximum Gasteiger partial charge on any atom is 0.436 e. The van der Waals surface area contributed by atoms with Gasteiger partial charge in [-0.3, -0.25) is 0 Å².